The summed E-state index contributed by atoms with van der Waals surface area (Å²) in [6.45, 7) is 7.02. The fourth-order valence-electron chi connectivity index (χ4n) is 1.76. The van der Waals surface area contributed by atoms with E-state index in [2.05, 4.69) is 16.0 Å². The van der Waals surface area contributed by atoms with Crippen molar-refractivity contribution >= 4 is 17.9 Å². The predicted octanol–water partition coefficient (Wildman–Crippen LogP) is 1.33. The number of urea groups is 1. The Morgan fingerprint density at radius 2 is 1.71 bits per heavy atom. The highest BCUT2D eigenvalue weighted by atomic mass is 16.5. The Morgan fingerprint density at radius 1 is 1.08 bits per heavy atom. The van der Waals surface area contributed by atoms with Crippen molar-refractivity contribution in [3.8, 4) is 0 Å². The van der Waals surface area contributed by atoms with E-state index in [0.717, 1.165) is 5.56 Å². The second-order valence-corrected chi connectivity index (χ2v) is 6.39. The summed E-state index contributed by atoms with van der Waals surface area (Å²) in [5.74, 6) is -1.06. The molecule has 0 aromatic heterocycles. The van der Waals surface area contributed by atoms with Gasteiger partial charge in [0.1, 0.15) is 6.54 Å². The maximum Gasteiger partial charge on any atom is 0.326 e. The highest BCUT2D eigenvalue weighted by molar-refractivity contribution is 5.85. The van der Waals surface area contributed by atoms with E-state index in [1.165, 1.54) is 6.92 Å². The first-order chi connectivity index (χ1) is 11.2. The van der Waals surface area contributed by atoms with Crippen LogP contribution < -0.4 is 16.0 Å². The first-order valence-corrected chi connectivity index (χ1v) is 7.74. The van der Waals surface area contributed by atoms with Crippen LogP contribution in [-0.2, 0) is 20.9 Å². The molecule has 7 nitrogen and oxygen atoms in total. The quantitative estimate of drug-likeness (QED) is 0.683. The third kappa shape index (κ3) is 8.17. The molecule has 3 N–H and O–H groups in total. The molecule has 1 rings (SSSR count). The topological polar surface area (TPSA) is 96.5 Å². The molecule has 0 spiro atoms. The molecule has 1 atom stereocenters. The van der Waals surface area contributed by atoms with Crippen LogP contribution >= 0.6 is 0 Å². The number of carbonyl (C=O) groups excluding carboxylic acids is 3. The van der Waals surface area contributed by atoms with Crippen molar-refractivity contribution in [2.75, 3.05) is 6.54 Å². The average Bonchev–Trinajstić information content (AvgIpc) is 2.50. The Kier molecular flexibility index (Phi) is 7.23. The van der Waals surface area contributed by atoms with E-state index in [9.17, 15) is 14.4 Å². The van der Waals surface area contributed by atoms with Gasteiger partial charge in [0.25, 0.3) is 5.91 Å². The van der Waals surface area contributed by atoms with Crippen LogP contribution in [0.15, 0.2) is 30.3 Å². The van der Waals surface area contributed by atoms with Gasteiger partial charge in [-0.05, 0) is 33.3 Å². The molecule has 0 saturated carbocycles. The maximum atomic E-state index is 11.8. The van der Waals surface area contributed by atoms with E-state index < -0.39 is 23.6 Å². The molecule has 7 heteroatoms. The van der Waals surface area contributed by atoms with E-state index in [-0.39, 0.29) is 12.5 Å². The van der Waals surface area contributed by atoms with Crippen molar-refractivity contribution < 1.29 is 19.1 Å². The van der Waals surface area contributed by atoms with Crippen LogP contribution in [0.3, 0.4) is 0 Å². The highest BCUT2D eigenvalue weighted by Crippen LogP contribution is 2.01. The SMILES string of the molecule is CC(OC(=O)CNC(=O)NCc1ccccc1)C(=O)NC(C)(C)C. The Bertz CT molecular complexity index is 567. The zero-order valence-electron chi connectivity index (χ0n) is 14.5. The maximum absolute atomic E-state index is 11.8. The molecule has 0 aliphatic rings. The van der Waals surface area contributed by atoms with Crippen LogP contribution in [-0.4, -0.2) is 36.1 Å². The van der Waals surface area contributed by atoms with Crippen molar-refractivity contribution in [2.24, 2.45) is 0 Å². The number of hydrogen-bond acceptors (Lipinski definition) is 4. The van der Waals surface area contributed by atoms with E-state index in [4.69, 9.17) is 4.74 Å². The predicted molar refractivity (Wildman–Crippen MR) is 90.1 cm³/mol. The molecular formula is C17H25N3O4. The Labute approximate surface area is 142 Å². The fraction of sp³-hybridized carbons (Fsp3) is 0.471. The summed E-state index contributed by atoms with van der Waals surface area (Å²) in [5, 5.41) is 7.73. The van der Waals surface area contributed by atoms with Gasteiger partial charge in [0.05, 0.1) is 0 Å². The molecule has 0 saturated heterocycles. The Hall–Kier alpha value is -2.57. The molecule has 0 heterocycles. The van der Waals surface area contributed by atoms with Gasteiger partial charge in [-0.1, -0.05) is 30.3 Å². The van der Waals surface area contributed by atoms with Gasteiger partial charge in [0.2, 0.25) is 0 Å². The average molecular weight is 335 g/mol. The molecule has 132 valence electrons. The fourth-order valence-corrected chi connectivity index (χ4v) is 1.76. The van der Waals surface area contributed by atoms with E-state index in [0.29, 0.717) is 6.54 Å². The van der Waals surface area contributed by atoms with E-state index in [1.807, 2.05) is 51.1 Å². The van der Waals surface area contributed by atoms with Crippen LogP contribution in [0, 0.1) is 0 Å². The molecule has 0 aliphatic carbocycles. The molecule has 3 amide bonds. The summed E-state index contributed by atoms with van der Waals surface area (Å²) >= 11 is 0. The summed E-state index contributed by atoms with van der Waals surface area (Å²) in [7, 11) is 0. The van der Waals surface area contributed by atoms with Crippen LogP contribution in [0.25, 0.3) is 0 Å². The number of hydrogen-bond donors (Lipinski definition) is 3. The number of ether oxygens (including phenoxy) is 1. The van der Waals surface area contributed by atoms with Crippen molar-refractivity contribution in [2.45, 2.75) is 45.9 Å². The zero-order chi connectivity index (χ0) is 18.2. The van der Waals surface area contributed by atoms with E-state index >= 15 is 0 Å². The Morgan fingerprint density at radius 3 is 2.29 bits per heavy atom. The van der Waals surface area contributed by atoms with Gasteiger partial charge in [0, 0.05) is 12.1 Å². The number of nitrogens with one attached hydrogen (secondary N) is 3. The lowest BCUT2D eigenvalue weighted by Crippen LogP contribution is -2.47. The number of rotatable bonds is 6. The molecule has 1 aromatic rings. The summed E-state index contributed by atoms with van der Waals surface area (Å²) in [5.41, 5.74) is 0.538. The monoisotopic (exact) mass is 335 g/mol. The Balaban J connectivity index is 2.27. The third-order valence-corrected chi connectivity index (χ3v) is 2.86. The minimum absolute atomic E-state index is 0.312. The van der Waals surface area contributed by atoms with Gasteiger partial charge in [-0.25, -0.2) is 4.79 Å². The van der Waals surface area contributed by atoms with Crippen LogP contribution in [0.4, 0.5) is 4.79 Å². The summed E-state index contributed by atoms with van der Waals surface area (Å²) in [6.07, 6.45) is -0.925. The molecule has 0 fully saturated rings. The number of esters is 1. The minimum Gasteiger partial charge on any atom is -0.451 e. The van der Waals surface area contributed by atoms with Crippen molar-refractivity contribution in [3.05, 3.63) is 35.9 Å². The number of benzene rings is 1. The van der Waals surface area contributed by atoms with Gasteiger partial charge >= 0.3 is 12.0 Å². The third-order valence-electron chi connectivity index (χ3n) is 2.86. The van der Waals surface area contributed by atoms with Crippen molar-refractivity contribution in [3.63, 3.8) is 0 Å². The molecule has 1 unspecified atom stereocenters. The first-order valence-electron chi connectivity index (χ1n) is 7.74. The van der Waals surface area contributed by atoms with Gasteiger partial charge in [0.15, 0.2) is 6.10 Å². The second kappa shape index (κ2) is 8.90. The van der Waals surface area contributed by atoms with Crippen LogP contribution in [0.2, 0.25) is 0 Å². The lowest BCUT2D eigenvalue weighted by Gasteiger charge is -2.23. The standard InChI is InChI=1S/C17H25N3O4/c1-12(15(22)20-17(2,3)4)24-14(21)11-19-16(23)18-10-13-8-6-5-7-9-13/h5-9,12H,10-11H2,1-4H3,(H,20,22)(H2,18,19,23). The molecule has 24 heavy (non-hydrogen) atoms. The lowest BCUT2D eigenvalue weighted by atomic mass is 10.1. The van der Waals surface area contributed by atoms with Crippen molar-refractivity contribution in [1.82, 2.24) is 16.0 Å². The second-order valence-electron chi connectivity index (χ2n) is 6.39. The largest absolute Gasteiger partial charge is 0.451 e. The molecule has 0 bridgehead atoms. The van der Waals surface area contributed by atoms with Crippen molar-refractivity contribution in [1.29, 1.82) is 0 Å². The molecule has 0 aliphatic heterocycles. The lowest BCUT2D eigenvalue weighted by molar-refractivity contribution is -0.154. The van der Waals surface area contributed by atoms with Crippen LogP contribution in [0.5, 0.6) is 0 Å². The number of amides is 3. The first kappa shape index (κ1) is 19.5. The summed E-state index contributed by atoms with van der Waals surface area (Å²) in [4.78, 5) is 35.1. The zero-order valence-corrected chi connectivity index (χ0v) is 14.5. The molecule has 1 aromatic carbocycles. The summed E-state index contributed by atoms with van der Waals surface area (Å²) in [6, 6.07) is 8.90. The van der Waals surface area contributed by atoms with E-state index in [1.54, 1.807) is 0 Å². The van der Waals surface area contributed by atoms with Gasteiger partial charge in [-0.3, -0.25) is 9.59 Å². The van der Waals surface area contributed by atoms with Crippen LogP contribution in [0.1, 0.15) is 33.3 Å². The number of carbonyl (C=O) groups is 3. The molecule has 0 radical (unpaired) electrons. The molecular weight excluding hydrogens is 310 g/mol. The van der Waals surface area contributed by atoms with Gasteiger partial charge < -0.3 is 20.7 Å². The highest BCUT2D eigenvalue weighted by Gasteiger charge is 2.22. The van der Waals surface area contributed by atoms with Gasteiger partial charge in [-0.15, -0.1) is 0 Å². The summed E-state index contributed by atoms with van der Waals surface area (Å²) < 4.78 is 4.98. The smallest absolute Gasteiger partial charge is 0.326 e. The minimum atomic E-state index is -0.925. The van der Waals surface area contributed by atoms with Gasteiger partial charge in [-0.2, -0.15) is 0 Å². The normalized spacial score (nSPS) is 12.0.